The third-order valence-electron chi connectivity index (χ3n) is 3.72. The molecule has 0 aliphatic carbocycles. The molecule has 0 aliphatic heterocycles. The number of carbonyl (C=O) groups is 1. The molecule has 2 aromatic heterocycles. The lowest BCUT2D eigenvalue weighted by molar-refractivity contribution is -0.118. The highest BCUT2D eigenvalue weighted by molar-refractivity contribution is 7.98. The van der Waals surface area contributed by atoms with Crippen molar-refractivity contribution < 1.29 is 4.79 Å². The van der Waals surface area contributed by atoms with E-state index in [9.17, 15) is 4.79 Å². The van der Waals surface area contributed by atoms with Crippen LogP contribution in [0.4, 0.5) is 0 Å². The number of aromatic nitrogens is 4. The summed E-state index contributed by atoms with van der Waals surface area (Å²) in [7, 11) is 1.90. The predicted octanol–water partition coefficient (Wildman–Crippen LogP) is 2.96. The summed E-state index contributed by atoms with van der Waals surface area (Å²) < 4.78 is 1.90. The van der Waals surface area contributed by atoms with Gasteiger partial charge in [-0.1, -0.05) is 41.6 Å². The smallest absolute Gasteiger partial charge is 0.217 e. The van der Waals surface area contributed by atoms with E-state index in [0.29, 0.717) is 6.42 Å². The van der Waals surface area contributed by atoms with E-state index in [1.54, 1.807) is 23.1 Å². The monoisotopic (exact) mass is 373 g/mol. The Kier molecular flexibility index (Phi) is 5.50. The molecule has 2 heterocycles. The number of primary amides is 1. The van der Waals surface area contributed by atoms with Crippen LogP contribution in [0.1, 0.15) is 23.5 Å². The summed E-state index contributed by atoms with van der Waals surface area (Å²) in [5.41, 5.74) is 8.58. The lowest BCUT2D eigenvalue weighted by Crippen LogP contribution is -2.12. The zero-order valence-electron chi connectivity index (χ0n) is 14.1. The number of amides is 1. The molecule has 3 aromatic rings. The van der Waals surface area contributed by atoms with E-state index in [2.05, 4.69) is 46.8 Å². The zero-order chi connectivity index (χ0) is 17.8. The van der Waals surface area contributed by atoms with E-state index >= 15 is 0 Å². The summed E-state index contributed by atoms with van der Waals surface area (Å²) in [6, 6.07) is 8.38. The molecular weight excluding hydrogens is 354 g/mol. The Hall–Kier alpha value is -2.19. The highest BCUT2D eigenvalue weighted by atomic mass is 32.2. The fraction of sp³-hybridized carbons (Fsp3) is 0.294. The third kappa shape index (κ3) is 4.46. The largest absolute Gasteiger partial charge is 0.370 e. The Bertz CT molecular complexity index is 870. The van der Waals surface area contributed by atoms with E-state index < -0.39 is 0 Å². The second kappa shape index (κ2) is 7.79. The average molecular weight is 374 g/mol. The molecular formula is C17H19N5OS2. The first-order chi connectivity index (χ1) is 12.0. The molecule has 2 N–H and O–H groups in total. The van der Waals surface area contributed by atoms with Crippen molar-refractivity contribution in [1.29, 1.82) is 0 Å². The second-order valence-corrected chi connectivity index (χ2v) is 7.52. The highest BCUT2D eigenvalue weighted by Gasteiger charge is 2.12. The first-order valence-corrected chi connectivity index (χ1v) is 9.70. The maximum absolute atomic E-state index is 10.9. The van der Waals surface area contributed by atoms with Crippen LogP contribution >= 0.6 is 23.1 Å². The van der Waals surface area contributed by atoms with Crippen molar-refractivity contribution in [1.82, 2.24) is 19.7 Å². The molecule has 1 aromatic carbocycles. The first kappa shape index (κ1) is 17.6. The zero-order valence-corrected chi connectivity index (χ0v) is 15.7. The van der Waals surface area contributed by atoms with Crippen LogP contribution in [0.3, 0.4) is 0 Å². The lowest BCUT2D eigenvalue weighted by Gasteiger charge is -2.02. The quantitative estimate of drug-likeness (QED) is 0.644. The van der Waals surface area contributed by atoms with E-state index in [4.69, 9.17) is 10.7 Å². The number of thioether (sulfide) groups is 1. The van der Waals surface area contributed by atoms with Crippen LogP contribution in [0, 0.1) is 6.92 Å². The van der Waals surface area contributed by atoms with Gasteiger partial charge in [0.1, 0.15) is 10.8 Å². The van der Waals surface area contributed by atoms with Crippen molar-refractivity contribution >= 4 is 29.0 Å². The van der Waals surface area contributed by atoms with E-state index in [1.807, 2.05) is 11.6 Å². The van der Waals surface area contributed by atoms with Crippen molar-refractivity contribution in [3.63, 3.8) is 0 Å². The number of rotatable bonds is 7. The Labute approximate surface area is 154 Å². The summed E-state index contributed by atoms with van der Waals surface area (Å²) in [5.74, 6) is 1.16. The van der Waals surface area contributed by atoms with E-state index in [0.717, 1.165) is 33.0 Å². The topological polar surface area (TPSA) is 86.7 Å². The summed E-state index contributed by atoms with van der Waals surface area (Å²) >= 11 is 3.23. The molecule has 25 heavy (non-hydrogen) atoms. The molecule has 0 radical (unpaired) electrons. The number of nitrogens with two attached hydrogens (primary N) is 1. The van der Waals surface area contributed by atoms with Crippen molar-refractivity contribution in [2.75, 3.05) is 0 Å². The van der Waals surface area contributed by atoms with Gasteiger partial charge in [-0.05, 0) is 6.92 Å². The van der Waals surface area contributed by atoms with Gasteiger partial charge < -0.3 is 10.3 Å². The van der Waals surface area contributed by atoms with Gasteiger partial charge in [0.25, 0.3) is 0 Å². The number of carbonyl (C=O) groups excluding carboxylic acids is 1. The molecule has 0 unspecified atom stereocenters. The minimum Gasteiger partial charge on any atom is -0.370 e. The molecule has 0 saturated heterocycles. The molecule has 8 heteroatoms. The summed E-state index contributed by atoms with van der Waals surface area (Å²) in [5, 5.41) is 12.2. The standard InChI is InChI=1S/C17H19N5OS2/c1-11-3-5-12(6-4-11)16-19-13(9-24-16)10-25-17-21-20-15(22(17)2)8-7-14(18)23/h3-6,9H,7-8,10H2,1-2H3,(H2,18,23). The minimum atomic E-state index is -0.330. The van der Waals surface area contributed by atoms with Crippen molar-refractivity contribution in [2.24, 2.45) is 12.8 Å². The van der Waals surface area contributed by atoms with Gasteiger partial charge in [0.05, 0.1) is 5.69 Å². The van der Waals surface area contributed by atoms with E-state index in [-0.39, 0.29) is 12.3 Å². The maximum atomic E-state index is 10.9. The molecule has 0 aliphatic rings. The Morgan fingerprint density at radius 2 is 2.04 bits per heavy atom. The van der Waals surface area contributed by atoms with Gasteiger partial charge in [-0.2, -0.15) is 0 Å². The molecule has 0 atom stereocenters. The Morgan fingerprint density at radius 3 is 2.76 bits per heavy atom. The average Bonchev–Trinajstić information content (AvgIpc) is 3.19. The van der Waals surface area contributed by atoms with Gasteiger partial charge in [0.15, 0.2) is 5.16 Å². The van der Waals surface area contributed by atoms with Crippen molar-refractivity contribution in [3.05, 3.63) is 46.7 Å². The minimum absolute atomic E-state index is 0.280. The second-order valence-electron chi connectivity index (χ2n) is 5.72. The van der Waals surface area contributed by atoms with Crippen LogP contribution in [-0.4, -0.2) is 25.7 Å². The summed E-state index contributed by atoms with van der Waals surface area (Å²) in [4.78, 5) is 15.6. The van der Waals surface area contributed by atoms with E-state index in [1.165, 1.54) is 5.56 Å². The lowest BCUT2D eigenvalue weighted by atomic mass is 10.2. The molecule has 130 valence electrons. The van der Waals surface area contributed by atoms with Gasteiger partial charge >= 0.3 is 0 Å². The molecule has 6 nitrogen and oxygen atoms in total. The van der Waals surface area contributed by atoms with Crippen LogP contribution in [0.25, 0.3) is 10.6 Å². The maximum Gasteiger partial charge on any atom is 0.217 e. The van der Waals surface area contributed by atoms with Crippen molar-refractivity contribution in [2.45, 2.75) is 30.7 Å². The Balaban J connectivity index is 1.63. The van der Waals surface area contributed by atoms with Gasteiger partial charge in [0.2, 0.25) is 5.91 Å². The fourth-order valence-corrected chi connectivity index (χ4v) is 4.02. The van der Waals surface area contributed by atoms with Crippen LogP contribution in [0.15, 0.2) is 34.8 Å². The molecule has 0 saturated carbocycles. The molecule has 0 fully saturated rings. The summed E-state index contributed by atoms with van der Waals surface area (Å²) in [6.07, 6.45) is 0.788. The van der Waals surface area contributed by atoms with Crippen molar-refractivity contribution in [3.8, 4) is 10.6 Å². The predicted molar refractivity (Wildman–Crippen MR) is 100 cm³/mol. The Morgan fingerprint density at radius 1 is 1.28 bits per heavy atom. The number of thiazole rings is 1. The third-order valence-corrected chi connectivity index (χ3v) is 5.71. The molecule has 0 spiro atoms. The number of benzene rings is 1. The molecule has 0 bridgehead atoms. The van der Waals surface area contributed by atoms with Gasteiger partial charge in [-0.15, -0.1) is 21.5 Å². The number of hydrogen-bond donors (Lipinski definition) is 1. The van der Waals surface area contributed by atoms with Gasteiger partial charge in [-0.25, -0.2) is 4.98 Å². The first-order valence-electron chi connectivity index (χ1n) is 7.83. The number of hydrogen-bond acceptors (Lipinski definition) is 6. The highest BCUT2D eigenvalue weighted by Crippen LogP contribution is 2.27. The van der Waals surface area contributed by atoms with Crippen LogP contribution in [0.2, 0.25) is 0 Å². The van der Waals surface area contributed by atoms with Crippen LogP contribution < -0.4 is 5.73 Å². The normalized spacial score (nSPS) is 11.0. The number of aryl methyl sites for hydroxylation is 2. The van der Waals surface area contributed by atoms with Crippen LogP contribution in [-0.2, 0) is 24.0 Å². The molecule has 1 amide bonds. The van der Waals surface area contributed by atoms with Gasteiger partial charge in [0, 0.05) is 36.6 Å². The van der Waals surface area contributed by atoms with Crippen LogP contribution in [0.5, 0.6) is 0 Å². The fourth-order valence-electron chi connectivity index (χ4n) is 2.26. The number of nitrogens with zero attached hydrogens (tertiary/aromatic N) is 4. The SMILES string of the molecule is Cc1ccc(-c2nc(CSc3nnc(CCC(N)=O)n3C)cs2)cc1. The summed E-state index contributed by atoms with van der Waals surface area (Å²) in [6.45, 7) is 2.08. The molecule has 3 rings (SSSR count). The van der Waals surface area contributed by atoms with Gasteiger partial charge in [-0.3, -0.25) is 4.79 Å².